The minimum absolute atomic E-state index is 1.07. The molecular weight excluding hydrogens is 456 g/mol. The van der Waals surface area contributed by atoms with Crippen LogP contribution in [0.2, 0.25) is 0 Å². The van der Waals surface area contributed by atoms with E-state index < -0.39 is 0 Å². The zero-order chi connectivity index (χ0) is 24.5. The van der Waals surface area contributed by atoms with Gasteiger partial charge in [0, 0.05) is 0 Å². The van der Waals surface area contributed by atoms with Crippen molar-refractivity contribution in [2.24, 2.45) is 0 Å². The lowest BCUT2D eigenvalue weighted by atomic mass is 9.95. The van der Waals surface area contributed by atoms with E-state index in [1.165, 1.54) is 48.1 Å². The molecule has 3 heteroatoms. The summed E-state index contributed by atoms with van der Waals surface area (Å²) in [7, 11) is 0. The van der Waals surface area contributed by atoms with Gasteiger partial charge in [-0.05, 0) is 56.6 Å². The van der Waals surface area contributed by atoms with Gasteiger partial charge in [-0.1, -0.05) is 122 Å². The van der Waals surface area contributed by atoms with Crippen LogP contribution in [0.3, 0.4) is 0 Å². The Labute approximate surface area is 214 Å². The summed E-state index contributed by atoms with van der Waals surface area (Å²) in [6.45, 7) is 4.00. The first kappa shape index (κ1) is 22.3. The summed E-state index contributed by atoms with van der Waals surface area (Å²) >= 11 is 1.74. The Morgan fingerprint density at radius 1 is 0.472 bits per heavy atom. The second-order valence-electron chi connectivity index (χ2n) is 8.43. The van der Waals surface area contributed by atoms with Crippen molar-refractivity contribution in [3.63, 3.8) is 0 Å². The third kappa shape index (κ3) is 3.60. The molecule has 0 bridgehead atoms. The molecule has 0 fully saturated rings. The monoisotopic (exact) mass is 482 g/mol. The molecule has 0 atom stereocenters. The van der Waals surface area contributed by atoms with Gasteiger partial charge in [-0.3, -0.25) is 4.40 Å². The van der Waals surface area contributed by atoms with Gasteiger partial charge in [0.05, 0.1) is 21.3 Å². The third-order valence-corrected chi connectivity index (χ3v) is 7.51. The second kappa shape index (κ2) is 9.44. The van der Waals surface area contributed by atoms with E-state index in [1.54, 1.807) is 11.3 Å². The summed E-state index contributed by atoms with van der Waals surface area (Å²) in [5.41, 5.74) is 3.51. The summed E-state index contributed by atoms with van der Waals surface area (Å²) in [5, 5.41) is 8.04. The van der Waals surface area contributed by atoms with Gasteiger partial charge >= 0.3 is 0 Å². The number of para-hydroxylation sites is 3. The maximum absolute atomic E-state index is 4.63. The van der Waals surface area contributed by atoms with Crippen LogP contribution in [-0.4, -0.2) is 9.38 Å². The van der Waals surface area contributed by atoms with Crippen LogP contribution >= 0.6 is 11.3 Å². The zero-order valence-corrected chi connectivity index (χ0v) is 21.2. The van der Waals surface area contributed by atoms with Crippen LogP contribution in [0.5, 0.6) is 0 Å². The van der Waals surface area contributed by atoms with Gasteiger partial charge < -0.3 is 0 Å². The molecule has 0 unspecified atom stereocenters. The molecular formula is C33H26N2S. The van der Waals surface area contributed by atoms with Crippen LogP contribution in [0.4, 0.5) is 0 Å². The van der Waals surface area contributed by atoms with Crippen molar-refractivity contribution in [2.75, 3.05) is 0 Å². The first-order chi connectivity index (χ1) is 17.9. The maximum Gasteiger partial charge on any atom is 0.195 e. The first-order valence-electron chi connectivity index (χ1n) is 12.4. The summed E-state index contributed by atoms with van der Waals surface area (Å²) in [6, 6.07) is 42.7. The highest BCUT2D eigenvalue weighted by Gasteiger charge is 2.09. The normalized spacial score (nSPS) is 11.1. The lowest BCUT2D eigenvalue weighted by molar-refractivity contribution is 1.35. The number of hydrogen-bond acceptors (Lipinski definition) is 2. The highest BCUT2D eigenvalue weighted by Crippen LogP contribution is 2.34. The van der Waals surface area contributed by atoms with Crippen LogP contribution < -0.4 is 0 Å². The molecule has 0 saturated carbocycles. The number of imidazole rings is 1. The molecule has 0 aliphatic carbocycles. The van der Waals surface area contributed by atoms with Crippen molar-refractivity contribution >= 4 is 69.9 Å². The van der Waals surface area contributed by atoms with Gasteiger partial charge in [0.25, 0.3) is 0 Å². The Bertz CT molecular complexity index is 1690. The molecule has 0 N–H and O–H groups in total. The van der Waals surface area contributed by atoms with Crippen LogP contribution in [0.1, 0.15) is 13.8 Å². The van der Waals surface area contributed by atoms with Crippen LogP contribution in [0.15, 0.2) is 121 Å². The van der Waals surface area contributed by atoms with E-state index in [0.29, 0.717) is 0 Å². The molecule has 0 aliphatic rings. The molecule has 0 spiro atoms. The van der Waals surface area contributed by atoms with E-state index in [2.05, 4.69) is 125 Å². The quantitative estimate of drug-likeness (QED) is 0.197. The van der Waals surface area contributed by atoms with Crippen molar-refractivity contribution < 1.29 is 0 Å². The third-order valence-electron chi connectivity index (χ3n) is 6.49. The lowest BCUT2D eigenvalue weighted by Crippen LogP contribution is -1.81. The molecule has 2 aromatic heterocycles. The molecule has 0 amide bonds. The Kier molecular flexibility index (Phi) is 5.84. The average molecular weight is 483 g/mol. The van der Waals surface area contributed by atoms with Gasteiger partial charge in [0.2, 0.25) is 0 Å². The molecule has 6 aromatic carbocycles. The molecule has 2 nitrogen and oxygen atoms in total. The second-order valence-corrected chi connectivity index (χ2v) is 9.43. The standard InChI is InChI=1S/C18H12.C13H8N2S.C2H6/c1-2-8-14-13(7-1)15-9-3-4-11-17(15)18-12-6-5-10-16(14)18;1-2-6-10-9(5-1)14-13-15(10)11-7-3-4-8-12(11)16-13;1-2/h1-12H;1-8H;1-2H3. The Morgan fingerprint density at radius 2 is 0.861 bits per heavy atom. The van der Waals surface area contributed by atoms with Gasteiger partial charge in [-0.25, -0.2) is 4.98 Å². The molecule has 174 valence electrons. The average Bonchev–Trinajstić information content (AvgIpc) is 3.51. The molecule has 0 aliphatic heterocycles. The molecule has 0 radical (unpaired) electrons. The fourth-order valence-electron chi connectivity index (χ4n) is 4.99. The minimum atomic E-state index is 1.07. The number of hydrogen-bond donors (Lipinski definition) is 0. The largest absolute Gasteiger partial charge is 0.283 e. The Balaban J connectivity index is 0.000000126. The SMILES string of the molecule is CC.c1ccc2c(c1)c1ccccc1c1ccccc21.c1ccc2c(c1)nc1sc3ccccc3n12. The summed E-state index contributed by atoms with van der Waals surface area (Å²) in [6.07, 6.45) is 0. The summed E-state index contributed by atoms with van der Waals surface area (Å²) in [5.74, 6) is 0. The number of aromatic nitrogens is 2. The van der Waals surface area contributed by atoms with Gasteiger partial charge in [-0.2, -0.15) is 0 Å². The van der Waals surface area contributed by atoms with Gasteiger partial charge in [0.15, 0.2) is 4.96 Å². The van der Waals surface area contributed by atoms with E-state index in [1.807, 2.05) is 19.9 Å². The highest BCUT2D eigenvalue weighted by molar-refractivity contribution is 7.23. The molecule has 36 heavy (non-hydrogen) atoms. The van der Waals surface area contributed by atoms with Gasteiger partial charge in [-0.15, -0.1) is 0 Å². The maximum atomic E-state index is 4.63. The van der Waals surface area contributed by atoms with E-state index in [-0.39, 0.29) is 0 Å². The lowest BCUT2D eigenvalue weighted by Gasteiger charge is -2.09. The number of nitrogens with zero attached hydrogens (tertiary/aromatic N) is 2. The molecule has 2 heterocycles. The summed E-state index contributed by atoms with van der Waals surface area (Å²) in [4.78, 5) is 5.71. The van der Waals surface area contributed by atoms with Gasteiger partial charge in [0.1, 0.15) is 0 Å². The zero-order valence-electron chi connectivity index (χ0n) is 20.3. The summed E-state index contributed by atoms with van der Waals surface area (Å²) < 4.78 is 3.52. The number of fused-ring (bicyclic) bond motifs is 11. The predicted molar refractivity (Wildman–Crippen MR) is 158 cm³/mol. The van der Waals surface area contributed by atoms with Crippen molar-refractivity contribution in [1.29, 1.82) is 0 Å². The van der Waals surface area contributed by atoms with E-state index in [4.69, 9.17) is 0 Å². The Hall–Kier alpha value is -4.21. The number of benzene rings is 6. The Morgan fingerprint density at radius 3 is 1.36 bits per heavy atom. The van der Waals surface area contributed by atoms with Crippen LogP contribution in [-0.2, 0) is 0 Å². The van der Waals surface area contributed by atoms with Crippen molar-refractivity contribution in [3.05, 3.63) is 121 Å². The number of rotatable bonds is 0. The molecule has 8 rings (SSSR count). The fraction of sp³-hybridized carbons (Fsp3) is 0.0606. The van der Waals surface area contributed by atoms with Crippen molar-refractivity contribution in [2.45, 2.75) is 13.8 Å². The smallest absolute Gasteiger partial charge is 0.195 e. The molecule has 8 aromatic rings. The first-order valence-corrected chi connectivity index (χ1v) is 13.2. The fourth-order valence-corrected chi connectivity index (χ4v) is 6.03. The van der Waals surface area contributed by atoms with Crippen molar-refractivity contribution in [3.8, 4) is 0 Å². The molecule has 0 saturated heterocycles. The van der Waals surface area contributed by atoms with Crippen LogP contribution in [0, 0.1) is 0 Å². The van der Waals surface area contributed by atoms with Crippen LogP contribution in [0.25, 0.3) is 58.5 Å². The predicted octanol–water partition coefficient (Wildman–Crippen LogP) is 9.87. The highest BCUT2D eigenvalue weighted by atomic mass is 32.1. The van der Waals surface area contributed by atoms with Crippen molar-refractivity contribution in [1.82, 2.24) is 9.38 Å². The number of thiazole rings is 1. The van der Waals surface area contributed by atoms with E-state index in [9.17, 15) is 0 Å². The van der Waals surface area contributed by atoms with E-state index >= 15 is 0 Å². The van der Waals surface area contributed by atoms with E-state index in [0.717, 1.165) is 10.5 Å². The minimum Gasteiger partial charge on any atom is -0.283 e. The topological polar surface area (TPSA) is 17.3 Å².